The molecule has 0 aliphatic rings. The number of anilines is 1. The van der Waals surface area contributed by atoms with Gasteiger partial charge in [-0.05, 0) is 40.6 Å². The van der Waals surface area contributed by atoms with Gasteiger partial charge in [0.05, 0.1) is 5.56 Å². The maximum Gasteiger partial charge on any atom is 0.337 e. The van der Waals surface area contributed by atoms with Crippen molar-refractivity contribution in [2.45, 2.75) is 6.54 Å². The van der Waals surface area contributed by atoms with E-state index in [4.69, 9.17) is 5.11 Å². The van der Waals surface area contributed by atoms with Gasteiger partial charge in [0.15, 0.2) is 0 Å². The van der Waals surface area contributed by atoms with Crippen molar-refractivity contribution in [2.75, 3.05) is 5.32 Å². The van der Waals surface area contributed by atoms with Crippen LogP contribution in [0.15, 0.2) is 35.0 Å². The van der Waals surface area contributed by atoms with Gasteiger partial charge < -0.3 is 10.4 Å². The zero-order valence-electron chi connectivity index (χ0n) is 8.81. The summed E-state index contributed by atoms with van der Waals surface area (Å²) in [6.45, 7) is 0.523. The molecule has 0 aliphatic carbocycles. The lowest BCUT2D eigenvalue weighted by atomic mass is 10.1. The van der Waals surface area contributed by atoms with Gasteiger partial charge >= 0.3 is 5.97 Å². The Morgan fingerprint density at radius 2 is 2.24 bits per heavy atom. The summed E-state index contributed by atoms with van der Waals surface area (Å²) < 4.78 is 12.9. The number of thiophene rings is 1. The number of rotatable bonds is 4. The number of benzene rings is 1. The largest absolute Gasteiger partial charge is 0.478 e. The molecule has 0 amide bonds. The lowest BCUT2D eigenvalue weighted by Crippen LogP contribution is -2.06. The summed E-state index contributed by atoms with van der Waals surface area (Å²) in [5.74, 6) is -1.69. The third kappa shape index (κ3) is 2.82. The van der Waals surface area contributed by atoms with Crippen molar-refractivity contribution in [2.24, 2.45) is 0 Å². The summed E-state index contributed by atoms with van der Waals surface area (Å²) in [7, 11) is 0. The number of halogens is 1. The van der Waals surface area contributed by atoms with Crippen LogP contribution in [-0.2, 0) is 6.54 Å². The minimum absolute atomic E-state index is 0.0553. The average Bonchev–Trinajstić information content (AvgIpc) is 2.80. The second-order valence-electron chi connectivity index (χ2n) is 3.48. The molecule has 0 fully saturated rings. The van der Waals surface area contributed by atoms with E-state index in [9.17, 15) is 9.18 Å². The van der Waals surface area contributed by atoms with E-state index in [-0.39, 0.29) is 5.56 Å². The quantitative estimate of drug-likeness (QED) is 0.877. The van der Waals surface area contributed by atoms with Crippen LogP contribution < -0.4 is 5.32 Å². The van der Waals surface area contributed by atoms with Crippen LogP contribution in [0.1, 0.15) is 15.9 Å². The smallest absolute Gasteiger partial charge is 0.337 e. The highest BCUT2D eigenvalue weighted by molar-refractivity contribution is 7.07. The van der Waals surface area contributed by atoms with Gasteiger partial charge in [-0.15, -0.1) is 0 Å². The molecule has 0 spiro atoms. The molecule has 0 bridgehead atoms. The van der Waals surface area contributed by atoms with Crippen LogP contribution >= 0.6 is 11.3 Å². The van der Waals surface area contributed by atoms with E-state index in [1.165, 1.54) is 12.1 Å². The minimum Gasteiger partial charge on any atom is -0.478 e. The fraction of sp³-hybridized carbons (Fsp3) is 0.0833. The van der Waals surface area contributed by atoms with Gasteiger partial charge in [-0.1, -0.05) is 0 Å². The summed E-state index contributed by atoms with van der Waals surface area (Å²) >= 11 is 1.57. The molecule has 5 heteroatoms. The number of carboxylic acids is 1. The molecule has 1 heterocycles. The topological polar surface area (TPSA) is 49.3 Å². The van der Waals surface area contributed by atoms with Crippen molar-refractivity contribution in [3.8, 4) is 0 Å². The molecular weight excluding hydrogens is 241 g/mol. The molecule has 0 aliphatic heterocycles. The molecule has 1 aromatic carbocycles. The number of carboxylic acid groups (broad SMARTS) is 1. The van der Waals surface area contributed by atoms with E-state index in [0.29, 0.717) is 12.2 Å². The molecule has 2 N–H and O–H groups in total. The highest BCUT2D eigenvalue weighted by Gasteiger charge is 2.10. The fourth-order valence-corrected chi connectivity index (χ4v) is 2.11. The second kappa shape index (κ2) is 4.97. The van der Waals surface area contributed by atoms with E-state index in [1.54, 1.807) is 11.3 Å². The number of hydrogen-bond acceptors (Lipinski definition) is 3. The zero-order valence-corrected chi connectivity index (χ0v) is 9.63. The normalized spacial score (nSPS) is 10.2. The van der Waals surface area contributed by atoms with E-state index < -0.39 is 11.8 Å². The van der Waals surface area contributed by atoms with Gasteiger partial charge in [-0.3, -0.25) is 0 Å². The Kier molecular flexibility index (Phi) is 3.39. The Morgan fingerprint density at radius 1 is 1.41 bits per heavy atom. The second-order valence-corrected chi connectivity index (χ2v) is 4.26. The summed E-state index contributed by atoms with van der Waals surface area (Å²) in [5, 5.41) is 15.8. The maximum atomic E-state index is 12.9. The molecule has 1 aromatic heterocycles. The van der Waals surface area contributed by atoms with Crippen LogP contribution in [0.4, 0.5) is 10.1 Å². The number of aromatic carboxylic acids is 1. The SMILES string of the molecule is O=C(O)c1cc(F)ccc1NCc1ccsc1. The third-order valence-electron chi connectivity index (χ3n) is 2.28. The Labute approximate surface area is 102 Å². The Hall–Kier alpha value is -1.88. The molecule has 17 heavy (non-hydrogen) atoms. The summed E-state index contributed by atoms with van der Waals surface area (Å²) in [5.41, 5.74) is 1.43. The van der Waals surface area contributed by atoms with E-state index in [0.717, 1.165) is 11.6 Å². The first kappa shape index (κ1) is 11.6. The summed E-state index contributed by atoms with van der Waals surface area (Å²) in [4.78, 5) is 10.9. The van der Waals surface area contributed by atoms with Gasteiger partial charge in [0.25, 0.3) is 0 Å². The Morgan fingerprint density at radius 3 is 2.88 bits per heavy atom. The predicted octanol–water partition coefficient (Wildman–Crippen LogP) is 3.20. The van der Waals surface area contributed by atoms with Crippen molar-refractivity contribution in [3.63, 3.8) is 0 Å². The van der Waals surface area contributed by atoms with Crippen LogP contribution in [0, 0.1) is 5.82 Å². The van der Waals surface area contributed by atoms with Gasteiger partial charge in [0.2, 0.25) is 0 Å². The predicted molar refractivity (Wildman–Crippen MR) is 65.0 cm³/mol. The molecule has 2 rings (SSSR count). The molecular formula is C12H10FNO2S. The highest BCUT2D eigenvalue weighted by atomic mass is 32.1. The zero-order chi connectivity index (χ0) is 12.3. The molecule has 3 nitrogen and oxygen atoms in total. The Bertz CT molecular complexity index is 525. The lowest BCUT2D eigenvalue weighted by molar-refractivity contribution is 0.0697. The fourth-order valence-electron chi connectivity index (χ4n) is 1.44. The van der Waals surface area contributed by atoms with Crippen molar-refractivity contribution >= 4 is 23.0 Å². The van der Waals surface area contributed by atoms with E-state index in [1.807, 2.05) is 16.8 Å². The first-order valence-electron chi connectivity index (χ1n) is 4.94. The van der Waals surface area contributed by atoms with Gasteiger partial charge in [-0.25, -0.2) is 9.18 Å². The van der Waals surface area contributed by atoms with Gasteiger partial charge in [-0.2, -0.15) is 11.3 Å². The standard InChI is InChI=1S/C12H10FNO2S/c13-9-1-2-11(10(5-9)12(15)16)14-6-8-3-4-17-7-8/h1-5,7,14H,6H2,(H,15,16). The molecule has 0 atom stereocenters. The van der Waals surface area contributed by atoms with E-state index >= 15 is 0 Å². The van der Waals surface area contributed by atoms with Crippen molar-refractivity contribution in [3.05, 3.63) is 52.0 Å². The van der Waals surface area contributed by atoms with Crippen LogP contribution in [0.25, 0.3) is 0 Å². The van der Waals surface area contributed by atoms with Crippen molar-refractivity contribution in [1.82, 2.24) is 0 Å². The molecule has 0 saturated heterocycles. The maximum absolute atomic E-state index is 12.9. The van der Waals surface area contributed by atoms with Crippen LogP contribution in [0.5, 0.6) is 0 Å². The molecule has 0 saturated carbocycles. The number of hydrogen-bond donors (Lipinski definition) is 2. The van der Waals surface area contributed by atoms with E-state index in [2.05, 4.69) is 5.32 Å². The lowest BCUT2D eigenvalue weighted by Gasteiger charge is -2.08. The summed E-state index contributed by atoms with van der Waals surface area (Å²) in [6, 6.07) is 5.63. The third-order valence-corrected chi connectivity index (χ3v) is 3.01. The molecule has 88 valence electrons. The monoisotopic (exact) mass is 251 g/mol. The first-order chi connectivity index (χ1) is 8.16. The molecule has 0 unspecified atom stereocenters. The van der Waals surface area contributed by atoms with Crippen LogP contribution in [-0.4, -0.2) is 11.1 Å². The molecule has 2 aromatic rings. The van der Waals surface area contributed by atoms with Crippen molar-refractivity contribution in [1.29, 1.82) is 0 Å². The minimum atomic E-state index is -1.14. The van der Waals surface area contributed by atoms with Crippen LogP contribution in [0.2, 0.25) is 0 Å². The molecule has 0 radical (unpaired) electrons. The number of nitrogens with one attached hydrogen (secondary N) is 1. The summed E-state index contributed by atoms with van der Waals surface area (Å²) in [6.07, 6.45) is 0. The van der Waals surface area contributed by atoms with Gasteiger partial charge in [0.1, 0.15) is 5.82 Å². The number of carbonyl (C=O) groups is 1. The van der Waals surface area contributed by atoms with Crippen LogP contribution in [0.3, 0.4) is 0 Å². The first-order valence-corrected chi connectivity index (χ1v) is 5.89. The highest BCUT2D eigenvalue weighted by Crippen LogP contribution is 2.18. The Balaban J connectivity index is 2.17. The van der Waals surface area contributed by atoms with Gasteiger partial charge in [0, 0.05) is 12.2 Å². The average molecular weight is 251 g/mol. The van der Waals surface area contributed by atoms with Crippen molar-refractivity contribution < 1.29 is 14.3 Å².